The third-order valence-electron chi connectivity index (χ3n) is 7.43. The maximum Gasteiger partial charge on any atom is 0.312 e. The summed E-state index contributed by atoms with van der Waals surface area (Å²) in [6.07, 6.45) is 8.69. The van der Waals surface area contributed by atoms with Crippen molar-refractivity contribution in [3.05, 3.63) is 54.6 Å². The van der Waals surface area contributed by atoms with Gasteiger partial charge in [-0.2, -0.15) is 0 Å². The molecular weight excluding hydrogens is 364 g/mol. The summed E-state index contributed by atoms with van der Waals surface area (Å²) in [4.78, 5) is 12.5. The number of carbonyl (C=O) groups is 1. The van der Waals surface area contributed by atoms with E-state index in [0.717, 1.165) is 30.0 Å². The number of allylic oxidation sites excluding steroid dienone is 1. The Balaban J connectivity index is 1.40. The quantitative estimate of drug-likeness (QED) is 0.590. The third kappa shape index (κ3) is 3.14. The SMILES string of the molecule is CC1([C@]2(O)CC[C@@H]3C(=O)O[C@@H](Oc4ccc5ccccc5c4)[C@@H]3C2)C=CCCC1. The van der Waals surface area contributed by atoms with Crippen molar-refractivity contribution in [2.75, 3.05) is 0 Å². The van der Waals surface area contributed by atoms with Crippen LogP contribution in [0.25, 0.3) is 10.8 Å². The lowest BCUT2D eigenvalue weighted by molar-refractivity contribution is -0.154. The first kappa shape index (κ1) is 18.7. The number of hydrogen-bond acceptors (Lipinski definition) is 4. The average molecular weight is 392 g/mol. The molecule has 0 aromatic heterocycles. The zero-order chi connectivity index (χ0) is 20.1. The van der Waals surface area contributed by atoms with Gasteiger partial charge in [-0.05, 0) is 61.4 Å². The molecule has 1 aliphatic heterocycles. The highest BCUT2D eigenvalue weighted by atomic mass is 16.7. The molecule has 0 amide bonds. The molecular formula is C25H28O4. The summed E-state index contributed by atoms with van der Waals surface area (Å²) in [6.45, 7) is 2.15. The summed E-state index contributed by atoms with van der Waals surface area (Å²) in [7, 11) is 0. The fourth-order valence-electron chi connectivity index (χ4n) is 5.52. The van der Waals surface area contributed by atoms with Crippen LogP contribution in [0.4, 0.5) is 0 Å². The molecule has 4 heteroatoms. The molecule has 5 atom stereocenters. The van der Waals surface area contributed by atoms with Gasteiger partial charge >= 0.3 is 5.97 Å². The summed E-state index contributed by atoms with van der Waals surface area (Å²) >= 11 is 0. The fraction of sp³-hybridized carbons (Fsp3) is 0.480. The summed E-state index contributed by atoms with van der Waals surface area (Å²) in [5.41, 5.74) is -1.08. The van der Waals surface area contributed by atoms with Crippen LogP contribution < -0.4 is 4.74 Å². The van der Waals surface area contributed by atoms with Crippen LogP contribution in [0.15, 0.2) is 54.6 Å². The average Bonchev–Trinajstić information content (AvgIpc) is 3.03. The lowest BCUT2D eigenvalue weighted by atomic mass is 9.58. The third-order valence-corrected chi connectivity index (χ3v) is 7.43. The second kappa shape index (κ2) is 6.88. The van der Waals surface area contributed by atoms with Crippen LogP contribution in [0, 0.1) is 17.3 Å². The van der Waals surface area contributed by atoms with Crippen molar-refractivity contribution in [1.82, 2.24) is 0 Å². The number of hydrogen-bond donors (Lipinski definition) is 1. The van der Waals surface area contributed by atoms with E-state index in [1.165, 1.54) is 0 Å². The largest absolute Gasteiger partial charge is 0.454 e. The summed E-state index contributed by atoms with van der Waals surface area (Å²) in [5.74, 6) is 0.198. The fourth-order valence-corrected chi connectivity index (χ4v) is 5.52. The normalized spacial score (nSPS) is 36.6. The highest BCUT2D eigenvalue weighted by Crippen LogP contribution is 2.53. The predicted octanol–water partition coefficient (Wildman–Crippen LogP) is 5.00. The number of cyclic esters (lactones) is 1. The molecule has 2 aromatic carbocycles. The first-order valence-corrected chi connectivity index (χ1v) is 10.7. The van der Waals surface area contributed by atoms with E-state index < -0.39 is 11.9 Å². The Morgan fingerprint density at radius 3 is 2.76 bits per heavy atom. The van der Waals surface area contributed by atoms with Crippen LogP contribution >= 0.6 is 0 Å². The van der Waals surface area contributed by atoms with Gasteiger partial charge in [0, 0.05) is 11.3 Å². The second-order valence-corrected chi connectivity index (χ2v) is 9.19. The Hall–Kier alpha value is -2.33. The maximum atomic E-state index is 12.5. The van der Waals surface area contributed by atoms with Gasteiger partial charge in [0.05, 0.1) is 11.5 Å². The van der Waals surface area contributed by atoms with E-state index in [9.17, 15) is 9.90 Å². The number of esters is 1. The van der Waals surface area contributed by atoms with Gasteiger partial charge in [0.25, 0.3) is 0 Å². The zero-order valence-electron chi connectivity index (χ0n) is 16.8. The molecule has 29 heavy (non-hydrogen) atoms. The number of ether oxygens (including phenoxy) is 2. The van der Waals surface area contributed by atoms with Gasteiger partial charge in [0.2, 0.25) is 6.29 Å². The lowest BCUT2D eigenvalue weighted by Crippen LogP contribution is -2.52. The van der Waals surface area contributed by atoms with Gasteiger partial charge in [0.15, 0.2) is 0 Å². The van der Waals surface area contributed by atoms with Crippen molar-refractivity contribution < 1.29 is 19.4 Å². The minimum Gasteiger partial charge on any atom is -0.454 e. The standard InChI is InChI=1S/C25H28O4/c1-24(12-5-2-6-13-24)25(27)14-11-20-21(16-25)23(29-22(20)26)28-19-10-9-17-7-3-4-8-18(17)15-19/h3-5,7-10,12,15,20-21,23,27H,2,6,11,13-14,16H2,1H3/t20-,21+,23+,24?,25-/m0/s1. The van der Waals surface area contributed by atoms with E-state index in [-0.39, 0.29) is 23.2 Å². The highest BCUT2D eigenvalue weighted by molar-refractivity contribution is 5.83. The molecule has 2 fully saturated rings. The molecule has 5 rings (SSSR count). The topological polar surface area (TPSA) is 55.8 Å². The van der Waals surface area contributed by atoms with Gasteiger partial charge in [-0.15, -0.1) is 0 Å². The number of aliphatic hydroxyl groups is 1. The van der Waals surface area contributed by atoms with Gasteiger partial charge in [-0.3, -0.25) is 4.79 Å². The van der Waals surface area contributed by atoms with E-state index in [1.807, 2.05) is 36.4 Å². The molecule has 4 nitrogen and oxygen atoms in total. The molecule has 0 bridgehead atoms. The van der Waals surface area contributed by atoms with Crippen molar-refractivity contribution in [2.45, 2.75) is 57.3 Å². The van der Waals surface area contributed by atoms with E-state index in [1.54, 1.807) is 0 Å². The monoisotopic (exact) mass is 392 g/mol. The van der Waals surface area contributed by atoms with Crippen molar-refractivity contribution >= 4 is 16.7 Å². The van der Waals surface area contributed by atoms with E-state index >= 15 is 0 Å². The molecule has 2 aromatic rings. The van der Waals surface area contributed by atoms with Crippen molar-refractivity contribution in [1.29, 1.82) is 0 Å². The maximum absolute atomic E-state index is 12.5. The molecule has 1 heterocycles. The number of carbonyl (C=O) groups excluding carboxylic acids is 1. The van der Waals surface area contributed by atoms with Crippen molar-refractivity contribution in [3.63, 3.8) is 0 Å². The summed E-state index contributed by atoms with van der Waals surface area (Å²) < 4.78 is 11.8. The molecule has 2 aliphatic carbocycles. The Morgan fingerprint density at radius 2 is 1.97 bits per heavy atom. The number of benzene rings is 2. The highest BCUT2D eigenvalue weighted by Gasteiger charge is 2.57. The first-order chi connectivity index (χ1) is 14.0. The predicted molar refractivity (Wildman–Crippen MR) is 111 cm³/mol. The number of rotatable bonds is 3. The summed E-state index contributed by atoms with van der Waals surface area (Å²) in [6, 6.07) is 14.0. The van der Waals surface area contributed by atoms with Crippen LogP contribution in [0.5, 0.6) is 5.75 Å². The van der Waals surface area contributed by atoms with Crippen LogP contribution in [-0.2, 0) is 9.53 Å². The van der Waals surface area contributed by atoms with Crippen molar-refractivity contribution in [2.24, 2.45) is 17.3 Å². The molecule has 1 N–H and O–H groups in total. The smallest absolute Gasteiger partial charge is 0.312 e. The van der Waals surface area contributed by atoms with Gasteiger partial charge in [0.1, 0.15) is 5.75 Å². The van der Waals surface area contributed by atoms with E-state index in [2.05, 4.69) is 25.1 Å². The van der Waals surface area contributed by atoms with Gasteiger partial charge in [-0.25, -0.2) is 0 Å². The lowest BCUT2D eigenvalue weighted by Gasteiger charge is -2.49. The number of fused-ring (bicyclic) bond motifs is 2. The van der Waals surface area contributed by atoms with Crippen LogP contribution in [0.3, 0.4) is 0 Å². The first-order valence-electron chi connectivity index (χ1n) is 10.7. The molecule has 1 saturated heterocycles. The Morgan fingerprint density at radius 1 is 1.14 bits per heavy atom. The molecule has 3 aliphatic rings. The Bertz CT molecular complexity index is 966. The van der Waals surface area contributed by atoms with Crippen molar-refractivity contribution in [3.8, 4) is 5.75 Å². The molecule has 1 unspecified atom stereocenters. The summed E-state index contributed by atoms with van der Waals surface area (Å²) in [5, 5.41) is 13.9. The van der Waals surface area contributed by atoms with Crippen LogP contribution in [0.1, 0.15) is 45.4 Å². The minimum absolute atomic E-state index is 0.125. The molecule has 1 saturated carbocycles. The molecule has 0 spiro atoms. The minimum atomic E-state index is -0.829. The Kier molecular flexibility index (Phi) is 4.43. The molecule has 0 radical (unpaired) electrons. The molecule has 152 valence electrons. The van der Waals surface area contributed by atoms with E-state index in [4.69, 9.17) is 9.47 Å². The van der Waals surface area contributed by atoms with Crippen LogP contribution in [-0.4, -0.2) is 23.0 Å². The van der Waals surface area contributed by atoms with Gasteiger partial charge < -0.3 is 14.6 Å². The van der Waals surface area contributed by atoms with Gasteiger partial charge in [-0.1, -0.05) is 49.4 Å². The zero-order valence-corrected chi connectivity index (χ0v) is 16.8. The van der Waals surface area contributed by atoms with E-state index in [0.29, 0.717) is 25.0 Å². The second-order valence-electron chi connectivity index (χ2n) is 9.19. The van der Waals surface area contributed by atoms with Crippen LogP contribution in [0.2, 0.25) is 0 Å². The Labute approximate surface area is 171 Å².